The number of benzene rings is 3. The van der Waals surface area contributed by atoms with E-state index < -0.39 is 4.92 Å². The van der Waals surface area contributed by atoms with Gasteiger partial charge in [0.25, 0.3) is 5.56 Å². The molecular weight excluding hydrogens is 394 g/mol. The number of aromatic nitrogens is 2. The first-order valence-corrected chi connectivity index (χ1v) is 9.53. The SMILES string of the molecule is O=c1c2ccccc2nc(C=Cc2ccc([N+](=O)[O-])o2)n1-c1ccc2ccccc2c1. The zero-order valence-electron chi connectivity index (χ0n) is 16.1. The van der Waals surface area contributed by atoms with E-state index in [9.17, 15) is 14.9 Å². The molecule has 0 bridgehead atoms. The lowest BCUT2D eigenvalue weighted by molar-refractivity contribution is -0.402. The molecule has 3 aromatic carbocycles. The molecule has 7 nitrogen and oxygen atoms in total. The van der Waals surface area contributed by atoms with Gasteiger partial charge < -0.3 is 4.42 Å². The molecule has 5 aromatic rings. The maximum absolute atomic E-state index is 13.4. The summed E-state index contributed by atoms with van der Waals surface area (Å²) in [6.45, 7) is 0. The topological polar surface area (TPSA) is 91.2 Å². The van der Waals surface area contributed by atoms with E-state index in [1.165, 1.54) is 16.7 Å². The van der Waals surface area contributed by atoms with Crippen LogP contribution >= 0.6 is 0 Å². The van der Waals surface area contributed by atoms with Crippen LogP contribution < -0.4 is 5.56 Å². The number of hydrogen-bond donors (Lipinski definition) is 0. The van der Waals surface area contributed by atoms with Crippen molar-refractivity contribution in [3.05, 3.63) is 111 Å². The van der Waals surface area contributed by atoms with Gasteiger partial charge in [-0.25, -0.2) is 4.98 Å². The lowest BCUT2D eigenvalue weighted by Crippen LogP contribution is -2.22. The van der Waals surface area contributed by atoms with Crippen molar-refractivity contribution in [2.75, 3.05) is 0 Å². The van der Waals surface area contributed by atoms with Crippen LogP contribution in [0.5, 0.6) is 0 Å². The fraction of sp³-hybridized carbons (Fsp3) is 0. The molecule has 0 unspecified atom stereocenters. The van der Waals surface area contributed by atoms with Gasteiger partial charge in [-0.15, -0.1) is 0 Å². The second kappa shape index (κ2) is 7.38. The number of nitro groups is 1. The highest BCUT2D eigenvalue weighted by Crippen LogP contribution is 2.22. The summed E-state index contributed by atoms with van der Waals surface area (Å²) in [5.41, 5.74) is 1.03. The van der Waals surface area contributed by atoms with Crippen molar-refractivity contribution in [3.8, 4) is 5.69 Å². The second-order valence-corrected chi connectivity index (χ2v) is 6.93. The monoisotopic (exact) mass is 409 g/mol. The number of fused-ring (bicyclic) bond motifs is 2. The maximum Gasteiger partial charge on any atom is 0.433 e. The molecule has 7 heteroatoms. The average Bonchev–Trinajstić information content (AvgIpc) is 3.27. The Balaban J connectivity index is 1.71. The van der Waals surface area contributed by atoms with E-state index >= 15 is 0 Å². The Labute approximate surface area is 175 Å². The molecule has 0 amide bonds. The number of rotatable bonds is 4. The molecule has 150 valence electrons. The van der Waals surface area contributed by atoms with Gasteiger partial charge in [-0.2, -0.15) is 0 Å². The van der Waals surface area contributed by atoms with Gasteiger partial charge in [0, 0.05) is 0 Å². The van der Waals surface area contributed by atoms with Gasteiger partial charge in [-0.1, -0.05) is 42.5 Å². The van der Waals surface area contributed by atoms with E-state index in [1.54, 1.807) is 30.4 Å². The highest BCUT2D eigenvalue weighted by Gasteiger charge is 2.13. The van der Waals surface area contributed by atoms with Crippen molar-refractivity contribution in [1.29, 1.82) is 0 Å². The van der Waals surface area contributed by atoms with Crippen molar-refractivity contribution in [2.45, 2.75) is 0 Å². The van der Waals surface area contributed by atoms with Crippen molar-refractivity contribution in [3.63, 3.8) is 0 Å². The minimum absolute atomic E-state index is 0.203. The predicted octanol–water partition coefficient (Wildman–Crippen LogP) is 5.21. The fourth-order valence-corrected chi connectivity index (χ4v) is 3.51. The van der Waals surface area contributed by atoms with Gasteiger partial charge >= 0.3 is 5.88 Å². The molecule has 0 fully saturated rings. The quantitative estimate of drug-likeness (QED) is 0.300. The van der Waals surface area contributed by atoms with E-state index in [4.69, 9.17) is 4.42 Å². The molecular formula is C24H15N3O4. The number of furan rings is 1. The van der Waals surface area contributed by atoms with Crippen molar-refractivity contribution < 1.29 is 9.34 Å². The standard InChI is InChI=1S/C24H15N3O4/c28-24-20-7-3-4-8-21(20)25-22(13-11-19-12-14-23(31-19)27(29)30)26(24)18-10-9-16-5-1-2-6-17(16)15-18/h1-15H. The Hall–Kier alpha value is -4.52. The van der Waals surface area contributed by atoms with E-state index in [1.807, 2.05) is 48.5 Å². The first-order chi connectivity index (χ1) is 15.1. The highest BCUT2D eigenvalue weighted by atomic mass is 16.6. The molecule has 0 saturated heterocycles. The van der Waals surface area contributed by atoms with Crippen LogP contribution in [-0.4, -0.2) is 14.5 Å². The second-order valence-electron chi connectivity index (χ2n) is 6.93. The van der Waals surface area contributed by atoms with E-state index in [-0.39, 0.29) is 11.4 Å². The fourth-order valence-electron chi connectivity index (χ4n) is 3.51. The Morgan fingerprint density at radius 2 is 1.68 bits per heavy atom. The van der Waals surface area contributed by atoms with Crippen LogP contribution in [0, 0.1) is 10.1 Å². The maximum atomic E-state index is 13.4. The molecule has 0 spiro atoms. The van der Waals surface area contributed by atoms with Gasteiger partial charge in [0.1, 0.15) is 16.5 Å². The first-order valence-electron chi connectivity index (χ1n) is 9.53. The summed E-state index contributed by atoms with van der Waals surface area (Å²) >= 11 is 0. The number of nitrogens with zero attached hydrogens (tertiary/aromatic N) is 3. The molecule has 2 aromatic heterocycles. The molecule has 0 saturated carbocycles. The van der Waals surface area contributed by atoms with Crippen LogP contribution in [-0.2, 0) is 0 Å². The Morgan fingerprint density at radius 3 is 2.48 bits per heavy atom. The third kappa shape index (κ3) is 3.38. The van der Waals surface area contributed by atoms with E-state index in [0.717, 1.165) is 10.8 Å². The summed E-state index contributed by atoms with van der Waals surface area (Å²) in [4.78, 5) is 28.3. The van der Waals surface area contributed by atoms with Gasteiger partial charge in [-0.3, -0.25) is 19.5 Å². The molecule has 0 N–H and O–H groups in total. The molecule has 0 atom stereocenters. The van der Waals surface area contributed by atoms with Crippen LogP contribution in [0.4, 0.5) is 5.88 Å². The molecule has 5 rings (SSSR count). The summed E-state index contributed by atoms with van der Waals surface area (Å²) < 4.78 is 6.72. The zero-order valence-corrected chi connectivity index (χ0v) is 16.1. The van der Waals surface area contributed by atoms with Crippen LogP contribution in [0.25, 0.3) is 39.5 Å². The van der Waals surface area contributed by atoms with Gasteiger partial charge in [-0.05, 0) is 53.3 Å². The predicted molar refractivity (Wildman–Crippen MR) is 119 cm³/mol. The minimum Gasteiger partial charge on any atom is -0.401 e. The van der Waals surface area contributed by atoms with Crippen molar-refractivity contribution in [2.24, 2.45) is 0 Å². The molecule has 0 aliphatic heterocycles. The van der Waals surface area contributed by atoms with Crippen LogP contribution in [0.15, 0.2) is 88.1 Å². The smallest absolute Gasteiger partial charge is 0.401 e. The first kappa shape index (κ1) is 18.5. The van der Waals surface area contributed by atoms with Gasteiger partial charge in [0.05, 0.1) is 22.7 Å². The number of para-hydroxylation sites is 1. The Kier molecular flexibility index (Phi) is 4.41. The third-order valence-corrected chi connectivity index (χ3v) is 4.98. The van der Waals surface area contributed by atoms with Gasteiger partial charge in [0.2, 0.25) is 0 Å². The van der Waals surface area contributed by atoms with Crippen LogP contribution in [0.1, 0.15) is 11.6 Å². The Bertz CT molecular complexity index is 1550. The molecule has 2 heterocycles. The molecule has 0 radical (unpaired) electrons. The molecule has 31 heavy (non-hydrogen) atoms. The zero-order chi connectivity index (χ0) is 21.4. The van der Waals surface area contributed by atoms with E-state index in [0.29, 0.717) is 28.2 Å². The normalized spacial score (nSPS) is 11.5. The summed E-state index contributed by atoms with van der Waals surface area (Å²) in [5.74, 6) is 0.329. The molecule has 0 aliphatic rings. The van der Waals surface area contributed by atoms with Crippen molar-refractivity contribution >= 4 is 39.7 Å². The van der Waals surface area contributed by atoms with Crippen LogP contribution in [0.2, 0.25) is 0 Å². The third-order valence-electron chi connectivity index (χ3n) is 4.98. The molecule has 0 aliphatic carbocycles. The summed E-state index contributed by atoms with van der Waals surface area (Å²) in [7, 11) is 0. The largest absolute Gasteiger partial charge is 0.433 e. The van der Waals surface area contributed by atoms with E-state index in [2.05, 4.69) is 4.98 Å². The summed E-state index contributed by atoms with van der Waals surface area (Å²) in [6, 6.07) is 23.6. The lowest BCUT2D eigenvalue weighted by atomic mass is 10.1. The number of hydrogen-bond acceptors (Lipinski definition) is 5. The van der Waals surface area contributed by atoms with Gasteiger partial charge in [0.15, 0.2) is 0 Å². The highest BCUT2D eigenvalue weighted by molar-refractivity contribution is 5.85. The van der Waals surface area contributed by atoms with Crippen LogP contribution in [0.3, 0.4) is 0 Å². The Morgan fingerprint density at radius 1 is 0.903 bits per heavy atom. The average molecular weight is 409 g/mol. The summed E-state index contributed by atoms with van der Waals surface area (Å²) in [6.07, 6.45) is 3.17. The summed E-state index contributed by atoms with van der Waals surface area (Å²) in [5, 5.41) is 13.4. The lowest BCUT2D eigenvalue weighted by Gasteiger charge is -2.12. The van der Waals surface area contributed by atoms with Crippen molar-refractivity contribution in [1.82, 2.24) is 9.55 Å². The minimum atomic E-state index is -0.601.